The summed E-state index contributed by atoms with van der Waals surface area (Å²) in [6, 6.07) is 3.30. The van der Waals surface area contributed by atoms with Crippen LogP contribution >= 0.6 is 0 Å². The zero-order valence-electron chi connectivity index (χ0n) is 11.0. The van der Waals surface area contributed by atoms with Gasteiger partial charge in [-0.25, -0.2) is 9.78 Å². The summed E-state index contributed by atoms with van der Waals surface area (Å²) in [5.74, 6) is 0.118. The average molecular weight is 272 g/mol. The normalized spacial score (nSPS) is 17.7. The van der Waals surface area contributed by atoms with E-state index in [9.17, 15) is 4.79 Å². The zero-order valence-corrected chi connectivity index (χ0v) is 11.0. The minimum atomic E-state index is -0.929. The standard InChI is InChI=1S/C14H16N4O2/c19-14(20)10-3-4-15-11(8-10)9-17-12-2-1-6-18-7-5-16-13(12)18/h3-5,7-8,12,17H,1-2,6,9H2,(H,19,20). The van der Waals surface area contributed by atoms with Crippen molar-refractivity contribution in [2.45, 2.75) is 32.0 Å². The highest BCUT2D eigenvalue weighted by Crippen LogP contribution is 2.23. The molecule has 6 nitrogen and oxygen atoms in total. The van der Waals surface area contributed by atoms with Gasteiger partial charge in [0.15, 0.2) is 0 Å². The molecule has 0 aliphatic carbocycles. The topological polar surface area (TPSA) is 80.0 Å². The largest absolute Gasteiger partial charge is 0.478 e. The Balaban J connectivity index is 1.69. The van der Waals surface area contributed by atoms with Gasteiger partial charge in [-0.2, -0.15) is 0 Å². The number of aromatic nitrogens is 3. The molecular weight excluding hydrogens is 256 g/mol. The summed E-state index contributed by atoms with van der Waals surface area (Å²) in [7, 11) is 0. The monoisotopic (exact) mass is 272 g/mol. The third-order valence-corrected chi connectivity index (χ3v) is 3.54. The van der Waals surface area contributed by atoms with Gasteiger partial charge < -0.3 is 15.0 Å². The Hall–Kier alpha value is -2.21. The third kappa shape index (κ3) is 2.55. The molecule has 0 bridgehead atoms. The van der Waals surface area contributed by atoms with Crippen LogP contribution in [0.2, 0.25) is 0 Å². The van der Waals surface area contributed by atoms with E-state index < -0.39 is 5.97 Å². The van der Waals surface area contributed by atoms with Gasteiger partial charge in [-0.1, -0.05) is 0 Å². The first-order valence-corrected chi connectivity index (χ1v) is 6.66. The lowest BCUT2D eigenvalue weighted by molar-refractivity contribution is 0.0696. The lowest BCUT2D eigenvalue weighted by Crippen LogP contribution is -2.28. The van der Waals surface area contributed by atoms with Crippen molar-refractivity contribution in [3.05, 3.63) is 47.8 Å². The number of hydrogen-bond acceptors (Lipinski definition) is 4. The van der Waals surface area contributed by atoms with Crippen molar-refractivity contribution in [2.75, 3.05) is 0 Å². The van der Waals surface area contributed by atoms with Gasteiger partial charge in [0.2, 0.25) is 0 Å². The lowest BCUT2D eigenvalue weighted by atomic mass is 10.1. The van der Waals surface area contributed by atoms with Crippen LogP contribution in [-0.4, -0.2) is 25.6 Å². The fraction of sp³-hybridized carbons (Fsp3) is 0.357. The maximum Gasteiger partial charge on any atom is 0.335 e. The average Bonchev–Trinajstić information content (AvgIpc) is 2.94. The minimum Gasteiger partial charge on any atom is -0.478 e. The van der Waals surface area contributed by atoms with Gasteiger partial charge in [-0.3, -0.25) is 4.98 Å². The second-order valence-corrected chi connectivity index (χ2v) is 4.90. The van der Waals surface area contributed by atoms with Crippen LogP contribution in [-0.2, 0) is 13.1 Å². The van der Waals surface area contributed by atoms with Crippen LogP contribution in [0.3, 0.4) is 0 Å². The van der Waals surface area contributed by atoms with Gasteiger partial charge in [0.05, 0.1) is 17.3 Å². The molecule has 2 aromatic heterocycles. The molecule has 6 heteroatoms. The first-order valence-electron chi connectivity index (χ1n) is 6.66. The molecule has 0 spiro atoms. The van der Waals surface area contributed by atoms with E-state index in [0.29, 0.717) is 6.54 Å². The van der Waals surface area contributed by atoms with E-state index in [-0.39, 0.29) is 11.6 Å². The molecule has 1 unspecified atom stereocenters. The number of imidazole rings is 1. The van der Waals surface area contributed by atoms with Gasteiger partial charge in [-0.15, -0.1) is 0 Å². The minimum absolute atomic E-state index is 0.203. The maximum absolute atomic E-state index is 10.9. The molecule has 0 aromatic carbocycles. The van der Waals surface area contributed by atoms with E-state index in [1.54, 1.807) is 6.07 Å². The van der Waals surface area contributed by atoms with E-state index in [4.69, 9.17) is 5.11 Å². The van der Waals surface area contributed by atoms with E-state index in [2.05, 4.69) is 19.9 Å². The van der Waals surface area contributed by atoms with Crippen molar-refractivity contribution in [3.8, 4) is 0 Å². The molecule has 2 aromatic rings. The number of carboxylic acid groups (broad SMARTS) is 1. The van der Waals surface area contributed by atoms with E-state index >= 15 is 0 Å². The number of nitrogens with zero attached hydrogens (tertiary/aromatic N) is 3. The Morgan fingerprint density at radius 3 is 3.20 bits per heavy atom. The van der Waals surface area contributed by atoms with Crippen LogP contribution in [0.5, 0.6) is 0 Å². The van der Waals surface area contributed by atoms with Crippen LogP contribution in [0.15, 0.2) is 30.7 Å². The van der Waals surface area contributed by atoms with Gasteiger partial charge in [0, 0.05) is 31.7 Å². The quantitative estimate of drug-likeness (QED) is 0.883. The molecule has 20 heavy (non-hydrogen) atoms. The summed E-state index contributed by atoms with van der Waals surface area (Å²) < 4.78 is 2.16. The van der Waals surface area contributed by atoms with Crippen molar-refractivity contribution in [3.63, 3.8) is 0 Å². The fourth-order valence-electron chi connectivity index (χ4n) is 2.54. The molecule has 104 valence electrons. The first-order chi connectivity index (χ1) is 9.74. The molecule has 1 aliphatic heterocycles. The highest BCUT2D eigenvalue weighted by molar-refractivity contribution is 5.87. The predicted molar refractivity (Wildman–Crippen MR) is 72.2 cm³/mol. The van der Waals surface area contributed by atoms with Crippen molar-refractivity contribution in [1.82, 2.24) is 19.9 Å². The highest BCUT2D eigenvalue weighted by atomic mass is 16.4. The summed E-state index contributed by atoms with van der Waals surface area (Å²) in [4.78, 5) is 19.5. The van der Waals surface area contributed by atoms with Gasteiger partial charge in [-0.05, 0) is 25.0 Å². The van der Waals surface area contributed by atoms with Gasteiger partial charge in [0.25, 0.3) is 0 Å². The van der Waals surface area contributed by atoms with Gasteiger partial charge >= 0.3 is 5.97 Å². The summed E-state index contributed by atoms with van der Waals surface area (Å²) in [6.07, 6.45) is 7.49. The Morgan fingerprint density at radius 2 is 2.35 bits per heavy atom. The van der Waals surface area contributed by atoms with Crippen molar-refractivity contribution in [2.24, 2.45) is 0 Å². The Labute approximate surface area is 116 Å². The number of fused-ring (bicyclic) bond motifs is 1. The number of aromatic carboxylic acids is 1. The van der Waals surface area contributed by atoms with E-state index in [1.165, 1.54) is 12.3 Å². The van der Waals surface area contributed by atoms with Crippen molar-refractivity contribution in [1.29, 1.82) is 0 Å². The second-order valence-electron chi connectivity index (χ2n) is 4.90. The van der Waals surface area contributed by atoms with Crippen molar-refractivity contribution >= 4 is 5.97 Å². The summed E-state index contributed by atoms with van der Waals surface area (Å²) >= 11 is 0. The SMILES string of the molecule is O=C(O)c1ccnc(CNC2CCCn3ccnc32)c1. The maximum atomic E-state index is 10.9. The highest BCUT2D eigenvalue weighted by Gasteiger charge is 2.20. The molecule has 0 radical (unpaired) electrons. The van der Waals surface area contributed by atoms with Crippen molar-refractivity contribution < 1.29 is 9.90 Å². The molecule has 2 N–H and O–H groups in total. The number of rotatable bonds is 4. The molecule has 0 fully saturated rings. The third-order valence-electron chi connectivity index (χ3n) is 3.54. The molecular formula is C14H16N4O2. The van der Waals surface area contributed by atoms with Gasteiger partial charge in [0.1, 0.15) is 5.82 Å². The Bertz CT molecular complexity index is 623. The number of carbonyl (C=O) groups is 1. The summed E-state index contributed by atoms with van der Waals surface area (Å²) in [5, 5.41) is 12.4. The molecule has 1 atom stereocenters. The smallest absolute Gasteiger partial charge is 0.335 e. The van der Waals surface area contributed by atoms with Crippen LogP contribution in [0, 0.1) is 0 Å². The lowest BCUT2D eigenvalue weighted by Gasteiger charge is -2.24. The molecule has 3 heterocycles. The number of aryl methyl sites for hydroxylation is 1. The van der Waals surface area contributed by atoms with Crippen LogP contribution < -0.4 is 5.32 Å². The summed E-state index contributed by atoms with van der Waals surface area (Å²) in [5.41, 5.74) is 0.996. The predicted octanol–water partition coefficient (Wildman–Crippen LogP) is 1.60. The molecule has 0 saturated heterocycles. The van der Waals surface area contributed by atoms with E-state index in [1.807, 2.05) is 12.4 Å². The van der Waals surface area contributed by atoms with Crippen LogP contribution in [0.1, 0.15) is 40.8 Å². The fourth-order valence-corrected chi connectivity index (χ4v) is 2.54. The number of pyridine rings is 1. The molecule has 1 aliphatic rings. The molecule has 3 rings (SSSR count). The Kier molecular flexibility index (Phi) is 3.47. The number of hydrogen-bond donors (Lipinski definition) is 2. The zero-order chi connectivity index (χ0) is 13.9. The summed E-state index contributed by atoms with van der Waals surface area (Å²) in [6.45, 7) is 1.55. The van der Waals surface area contributed by atoms with Crippen LogP contribution in [0.25, 0.3) is 0 Å². The second kappa shape index (κ2) is 5.42. The van der Waals surface area contributed by atoms with E-state index in [0.717, 1.165) is 30.9 Å². The van der Waals surface area contributed by atoms with Crippen LogP contribution in [0.4, 0.5) is 0 Å². The number of carboxylic acids is 1. The number of nitrogens with one attached hydrogen (secondary N) is 1. The Morgan fingerprint density at radius 1 is 1.45 bits per heavy atom. The molecule has 0 amide bonds. The first kappa shape index (κ1) is 12.8. The molecule has 0 saturated carbocycles.